The second-order valence-electron chi connectivity index (χ2n) is 15.4. The molecule has 0 aliphatic rings. The zero-order valence-corrected chi connectivity index (χ0v) is 42.1. The van der Waals surface area contributed by atoms with Crippen molar-refractivity contribution in [2.24, 2.45) is 40.9 Å². The zero-order chi connectivity index (χ0) is 53.8. The molecule has 0 aliphatic carbocycles. The van der Waals surface area contributed by atoms with Crippen molar-refractivity contribution in [3.8, 4) is 23.3 Å². The summed E-state index contributed by atoms with van der Waals surface area (Å²) in [5.74, 6) is 0.0568. The Labute approximate surface area is 438 Å². The maximum absolute atomic E-state index is 11.6. The highest BCUT2D eigenvalue weighted by Crippen LogP contribution is 2.46. The molecule has 8 aromatic rings. The van der Waals surface area contributed by atoms with Crippen LogP contribution in [-0.2, 0) is 28.9 Å². The molecular formula is C47H39N13O13S3. The summed E-state index contributed by atoms with van der Waals surface area (Å²) in [7, 11) is -1.55. The quantitative estimate of drug-likeness (QED) is 0.0115. The minimum atomic E-state index is -4.49. The van der Waals surface area contributed by atoms with Crippen LogP contribution >= 0.6 is 24.1 Å². The van der Waals surface area contributed by atoms with Gasteiger partial charge in [-0.05, 0) is 133 Å². The highest BCUT2D eigenvalue weighted by molar-refractivity contribution is 7.95. The number of rotatable bonds is 21. The van der Waals surface area contributed by atoms with Gasteiger partial charge in [0.15, 0.2) is 5.75 Å². The Morgan fingerprint density at radius 3 is 1.63 bits per heavy atom. The Kier molecular flexibility index (Phi) is 17.4. The molecule has 1 aromatic heterocycles. The fourth-order valence-corrected chi connectivity index (χ4v) is 8.16. The lowest BCUT2D eigenvalue weighted by Gasteiger charge is -2.12. The molecule has 0 saturated carbocycles. The van der Waals surface area contributed by atoms with Gasteiger partial charge in [0.05, 0.1) is 76.5 Å². The molecule has 0 unspecified atom stereocenters. The number of anilines is 4. The van der Waals surface area contributed by atoms with Crippen LogP contribution in [0, 0.1) is 13.8 Å². The first-order chi connectivity index (χ1) is 36.7. The molecule has 0 amide bonds. The lowest BCUT2D eigenvalue weighted by Crippen LogP contribution is -2.04. The maximum Gasteiger partial charge on any atom is 0.320 e. The van der Waals surface area contributed by atoms with Crippen LogP contribution in [0.4, 0.5) is 68.8 Å². The van der Waals surface area contributed by atoms with Crippen molar-refractivity contribution in [3.05, 3.63) is 132 Å². The monoisotopic (exact) mass is 1090 g/mol. The van der Waals surface area contributed by atoms with Crippen LogP contribution in [0.5, 0.6) is 23.3 Å². The van der Waals surface area contributed by atoms with Crippen LogP contribution in [0.15, 0.2) is 177 Å². The van der Waals surface area contributed by atoms with E-state index in [0.717, 1.165) is 23.7 Å². The number of ether oxygens (including phenoxy) is 2. The van der Waals surface area contributed by atoms with Gasteiger partial charge in [-0.15, -0.1) is 24.0 Å². The Morgan fingerprint density at radius 1 is 0.553 bits per heavy atom. The number of benzene rings is 7. The van der Waals surface area contributed by atoms with E-state index in [1.165, 1.54) is 32.4 Å². The Bertz CT molecular complexity index is 3650. The lowest BCUT2D eigenvalue weighted by molar-refractivity contribution is -0.432. The van der Waals surface area contributed by atoms with Crippen molar-refractivity contribution >= 4 is 114 Å². The summed E-state index contributed by atoms with van der Waals surface area (Å²) in [5, 5.41) is 88.0. The average Bonchev–Trinajstić information content (AvgIpc) is 3.42. The third kappa shape index (κ3) is 13.8. The average molecular weight is 1090 g/mol. The number of hydrogen-bond acceptors (Lipinski definition) is 27. The molecule has 76 heavy (non-hydrogen) atoms. The molecule has 7 N–H and O–H groups in total. The van der Waals surface area contributed by atoms with Crippen molar-refractivity contribution in [1.29, 1.82) is 0 Å². The minimum Gasteiger partial charge on any atom is -0.505 e. The predicted molar refractivity (Wildman–Crippen MR) is 276 cm³/mol. The van der Waals surface area contributed by atoms with Gasteiger partial charge in [0.2, 0.25) is 11.9 Å². The van der Waals surface area contributed by atoms with E-state index in [4.69, 9.17) is 24.3 Å². The predicted octanol–water partition coefficient (Wildman–Crippen LogP) is 14.3. The molecule has 1 heterocycles. The number of nitrogens with one attached hydrogen (secondary N) is 2. The number of nitrogens with zero attached hydrogens (tertiary/aromatic N) is 11. The normalized spacial score (nSPS) is 11.9. The number of phenols is 1. The van der Waals surface area contributed by atoms with E-state index in [1.807, 2.05) is 6.92 Å². The van der Waals surface area contributed by atoms with Gasteiger partial charge in [-0.25, -0.2) is 10.5 Å². The first-order valence-electron chi connectivity index (χ1n) is 21.6. The summed E-state index contributed by atoms with van der Waals surface area (Å²) in [6, 6.07) is 31.6. The van der Waals surface area contributed by atoms with Gasteiger partial charge in [-0.2, -0.15) is 48.9 Å². The molecule has 0 fully saturated rings. The lowest BCUT2D eigenvalue weighted by atomic mass is 10.1. The summed E-state index contributed by atoms with van der Waals surface area (Å²) in [6.45, 7) is 3.64. The number of aryl methyl sites for hydroxylation is 2. The molecule has 29 heteroatoms. The molecule has 0 spiro atoms. The van der Waals surface area contributed by atoms with Gasteiger partial charge in [0, 0.05) is 33.8 Å². The number of azo groups is 4. The van der Waals surface area contributed by atoms with E-state index in [1.54, 1.807) is 104 Å². The third-order valence-electron chi connectivity index (χ3n) is 10.4. The topological polar surface area (TPSA) is 352 Å². The summed E-state index contributed by atoms with van der Waals surface area (Å²) < 4.78 is 53.1. The van der Waals surface area contributed by atoms with Gasteiger partial charge in [0.25, 0.3) is 10.1 Å². The molecule has 388 valence electrons. The fourth-order valence-electron chi connectivity index (χ4n) is 6.78. The molecule has 0 atom stereocenters. The number of phenolic OH excluding ortho intramolecular Hbond substituents is 1. The molecule has 26 nitrogen and oxygen atoms in total. The molecule has 0 aliphatic heterocycles. The minimum absolute atomic E-state index is 0.0560. The van der Waals surface area contributed by atoms with Crippen LogP contribution < -0.4 is 20.1 Å². The summed E-state index contributed by atoms with van der Waals surface area (Å²) in [6.07, 6.45) is 0. The Morgan fingerprint density at radius 2 is 1.07 bits per heavy atom. The van der Waals surface area contributed by atoms with E-state index < -0.39 is 16.1 Å². The number of aromatic hydroxyl groups is 2. The van der Waals surface area contributed by atoms with Crippen molar-refractivity contribution in [2.45, 2.75) is 28.5 Å². The first-order valence-corrected chi connectivity index (χ1v) is 24.5. The van der Waals surface area contributed by atoms with E-state index in [9.17, 15) is 23.2 Å². The number of aromatic nitrogens is 3. The molecule has 0 saturated heterocycles. The van der Waals surface area contributed by atoms with Crippen molar-refractivity contribution in [2.75, 3.05) is 24.9 Å². The van der Waals surface area contributed by atoms with Crippen LogP contribution in [0.3, 0.4) is 0 Å². The molecule has 0 radical (unpaired) electrons. The second-order valence-corrected chi connectivity index (χ2v) is 18.4. The van der Waals surface area contributed by atoms with Crippen LogP contribution in [0.2, 0.25) is 0 Å². The van der Waals surface area contributed by atoms with E-state index >= 15 is 0 Å². The van der Waals surface area contributed by atoms with Crippen LogP contribution in [0.1, 0.15) is 11.1 Å². The van der Waals surface area contributed by atoms with Crippen LogP contribution in [0.25, 0.3) is 10.8 Å². The molecular weight excluding hydrogens is 1050 g/mol. The Balaban J connectivity index is 0.966. The summed E-state index contributed by atoms with van der Waals surface area (Å²) in [5.41, 5.74) is 5.34. The maximum atomic E-state index is 11.6. The first kappa shape index (κ1) is 53.7. The van der Waals surface area contributed by atoms with Crippen molar-refractivity contribution in [3.63, 3.8) is 0 Å². The molecule has 0 bridgehead atoms. The summed E-state index contributed by atoms with van der Waals surface area (Å²) >= 11 is 1.37. The van der Waals surface area contributed by atoms with Gasteiger partial charge in [-0.3, -0.25) is 4.55 Å². The van der Waals surface area contributed by atoms with E-state index in [0.29, 0.717) is 78.8 Å². The number of hydrogen-bond donors (Lipinski definition) is 7. The van der Waals surface area contributed by atoms with Gasteiger partial charge < -0.3 is 30.3 Å². The number of methoxy groups -OCH3 is 2. The van der Waals surface area contributed by atoms with E-state index in [2.05, 4.69) is 80.9 Å². The fraction of sp³-hybridized carbons (Fsp3) is 0.0851. The summed E-state index contributed by atoms with van der Waals surface area (Å²) in [4.78, 5) is 12.4. The third-order valence-corrected chi connectivity index (χ3v) is 12.5. The van der Waals surface area contributed by atoms with E-state index in [-0.39, 0.29) is 50.2 Å². The SMILES string of the molecule is COc1cc(N=Nc2ccc(N=Nc3ccc(SOOO)cc3)cc2)c(C)cc1N=Nc1cc(OC)c(N=Nc2c(SOOO)cc3cc(Nc4nc(O)nc(Nc5cccc(S(=O)(=O)O)c5)n4)ccc3c2O)cc1C. The van der Waals surface area contributed by atoms with Crippen molar-refractivity contribution < 1.29 is 61.9 Å². The van der Waals surface area contributed by atoms with Gasteiger partial charge in [0.1, 0.15) is 28.6 Å². The molecule has 7 aromatic carbocycles. The highest BCUT2D eigenvalue weighted by Gasteiger charge is 2.18. The smallest absolute Gasteiger partial charge is 0.320 e. The second kappa shape index (κ2) is 24.6. The number of fused-ring (bicyclic) bond motifs is 1. The highest BCUT2D eigenvalue weighted by atomic mass is 32.2. The van der Waals surface area contributed by atoms with Gasteiger partial charge in [-0.1, -0.05) is 16.1 Å². The van der Waals surface area contributed by atoms with Crippen molar-refractivity contribution in [1.82, 2.24) is 15.0 Å². The largest absolute Gasteiger partial charge is 0.505 e. The Hall–Kier alpha value is -8.62. The van der Waals surface area contributed by atoms with Crippen LogP contribution in [-0.4, -0.2) is 62.9 Å². The molecule has 8 rings (SSSR count). The zero-order valence-electron chi connectivity index (χ0n) is 39.7. The van der Waals surface area contributed by atoms with Gasteiger partial charge >= 0.3 is 6.01 Å². The standard InChI is InChI=1S/C47H39N13O13S3/c1-25-18-38(40(68-3)23-36(25)56-55-29-10-8-28(9-11-29)53-54-30-12-15-33(16-13-30)74-72-70-63)58-57-37-24-41(69-4)39(19-26(37)2)59-60-43-42(75-73-71-64)21-27-20-32(14-17-35(27)44(43)61)49-46-50-45(51-47(62)52-46)48-31-6-5-7-34(22-31)76(65,66)67/h5-24,61,63-64H,1-4H3,(H,65,66,67)(H3,48,49,50,51,52,62).